The number of ether oxygens (including phenoxy) is 1. The SMILES string of the molecule is COc1ccccc1NS(=O)(=O)c1cccc(C(=O)N/N=C\c2ccc(C)o2)c1. The number of nitrogens with zero attached hydrogens (tertiary/aromatic N) is 1. The average Bonchev–Trinajstić information content (AvgIpc) is 3.13. The minimum absolute atomic E-state index is 0.0679. The van der Waals surface area contributed by atoms with Crippen LogP contribution in [0.25, 0.3) is 0 Å². The van der Waals surface area contributed by atoms with E-state index in [-0.39, 0.29) is 10.5 Å². The lowest BCUT2D eigenvalue weighted by Gasteiger charge is -2.12. The molecule has 0 radical (unpaired) electrons. The highest BCUT2D eigenvalue weighted by Gasteiger charge is 2.18. The number of amides is 1. The van der Waals surface area contributed by atoms with Gasteiger partial charge in [0, 0.05) is 5.56 Å². The number of aryl methyl sites for hydroxylation is 1. The van der Waals surface area contributed by atoms with E-state index < -0.39 is 15.9 Å². The van der Waals surface area contributed by atoms with Crippen LogP contribution in [0.15, 0.2) is 75.1 Å². The Balaban J connectivity index is 1.75. The van der Waals surface area contributed by atoms with E-state index in [4.69, 9.17) is 9.15 Å². The minimum atomic E-state index is -3.93. The van der Waals surface area contributed by atoms with Gasteiger partial charge in [0.1, 0.15) is 17.3 Å². The Morgan fingerprint density at radius 1 is 1.10 bits per heavy atom. The van der Waals surface area contributed by atoms with Crippen LogP contribution in [0.2, 0.25) is 0 Å². The van der Waals surface area contributed by atoms with Gasteiger partial charge in [0.25, 0.3) is 15.9 Å². The molecule has 0 aliphatic rings. The number of hydrogen-bond donors (Lipinski definition) is 2. The number of nitrogens with one attached hydrogen (secondary N) is 2. The molecule has 0 saturated heterocycles. The summed E-state index contributed by atoms with van der Waals surface area (Å²) in [5, 5.41) is 3.81. The van der Waals surface area contributed by atoms with Crippen LogP contribution < -0.4 is 14.9 Å². The Hall–Kier alpha value is -3.59. The molecule has 0 fully saturated rings. The van der Waals surface area contributed by atoms with E-state index in [0.29, 0.717) is 17.2 Å². The van der Waals surface area contributed by atoms with Crippen LogP contribution in [-0.2, 0) is 10.0 Å². The third-order valence-corrected chi connectivity index (χ3v) is 5.24. The second kappa shape index (κ2) is 8.61. The van der Waals surface area contributed by atoms with Crippen molar-refractivity contribution in [3.63, 3.8) is 0 Å². The lowest BCUT2D eigenvalue weighted by molar-refractivity contribution is 0.0955. The van der Waals surface area contributed by atoms with Gasteiger partial charge in [-0.05, 0) is 49.4 Å². The lowest BCUT2D eigenvalue weighted by atomic mass is 10.2. The van der Waals surface area contributed by atoms with Crippen molar-refractivity contribution < 1.29 is 22.4 Å². The molecule has 0 unspecified atom stereocenters. The number of furan rings is 1. The van der Waals surface area contributed by atoms with Gasteiger partial charge >= 0.3 is 0 Å². The standard InChI is InChI=1S/C20H19N3O5S/c1-14-10-11-16(28-14)13-21-22-20(24)15-6-5-7-17(12-15)29(25,26)23-18-8-3-4-9-19(18)27-2/h3-13,23H,1-2H3,(H,22,24)/b21-13-. The highest BCUT2D eigenvalue weighted by Crippen LogP contribution is 2.26. The van der Waals surface area contributed by atoms with E-state index in [9.17, 15) is 13.2 Å². The maximum Gasteiger partial charge on any atom is 0.271 e. The fourth-order valence-corrected chi connectivity index (χ4v) is 3.59. The number of para-hydroxylation sites is 2. The molecule has 3 aromatic rings. The Morgan fingerprint density at radius 3 is 2.62 bits per heavy atom. The molecule has 0 bridgehead atoms. The molecule has 9 heteroatoms. The number of rotatable bonds is 7. The quantitative estimate of drug-likeness (QED) is 0.457. The molecule has 0 saturated carbocycles. The average molecular weight is 413 g/mol. The van der Waals surface area contributed by atoms with Crippen molar-refractivity contribution in [1.29, 1.82) is 0 Å². The zero-order valence-electron chi connectivity index (χ0n) is 15.7. The molecule has 0 atom stereocenters. The molecule has 150 valence electrons. The lowest BCUT2D eigenvalue weighted by Crippen LogP contribution is -2.19. The van der Waals surface area contributed by atoms with Crippen LogP contribution in [0.5, 0.6) is 5.75 Å². The maximum absolute atomic E-state index is 12.7. The monoisotopic (exact) mass is 413 g/mol. The highest BCUT2D eigenvalue weighted by atomic mass is 32.2. The van der Waals surface area contributed by atoms with E-state index in [2.05, 4.69) is 15.2 Å². The number of methoxy groups -OCH3 is 1. The minimum Gasteiger partial charge on any atom is -0.495 e. The summed E-state index contributed by atoms with van der Waals surface area (Å²) in [5.74, 6) is 1.03. The topological polar surface area (TPSA) is 110 Å². The Morgan fingerprint density at radius 2 is 1.90 bits per heavy atom. The number of carbonyl (C=O) groups is 1. The summed E-state index contributed by atoms with van der Waals surface area (Å²) in [7, 11) is -2.48. The van der Waals surface area contributed by atoms with E-state index in [1.165, 1.54) is 37.6 Å². The number of anilines is 1. The normalized spacial score (nSPS) is 11.4. The maximum atomic E-state index is 12.7. The van der Waals surface area contributed by atoms with E-state index in [1.54, 1.807) is 43.3 Å². The van der Waals surface area contributed by atoms with Gasteiger partial charge in [-0.2, -0.15) is 5.10 Å². The van der Waals surface area contributed by atoms with Gasteiger partial charge in [0.2, 0.25) is 0 Å². The smallest absolute Gasteiger partial charge is 0.271 e. The number of carbonyl (C=O) groups excluding carboxylic acids is 1. The number of sulfonamides is 1. The van der Waals surface area contributed by atoms with Crippen LogP contribution in [0.1, 0.15) is 21.9 Å². The van der Waals surface area contributed by atoms with Crippen molar-refractivity contribution in [2.24, 2.45) is 5.10 Å². The van der Waals surface area contributed by atoms with Gasteiger partial charge in [-0.25, -0.2) is 13.8 Å². The molecule has 2 N–H and O–H groups in total. The van der Waals surface area contributed by atoms with Crippen molar-refractivity contribution in [3.05, 3.63) is 77.7 Å². The molecule has 2 aromatic carbocycles. The van der Waals surface area contributed by atoms with Crippen molar-refractivity contribution >= 4 is 27.8 Å². The third-order valence-electron chi connectivity index (χ3n) is 3.88. The predicted molar refractivity (Wildman–Crippen MR) is 109 cm³/mol. The van der Waals surface area contributed by atoms with Crippen LogP contribution in [0.4, 0.5) is 5.69 Å². The molecule has 29 heavy (non-hydrogen) atoms. The first-order valence-corrected chi connectivity index (χ1v) is 10.0. The van der Waals surface area contributed by atoms with Gasteiger partial charge < -0.3 is 9.15 Å². The third kappa shape index (κ3) is 5.02. The zero-order chi connectivity index (χ0) is 20.9. The van der Waals surface area contributed by atoms with Crippen LogP contribution in [-0.4, -0.2) is 27.6 Å². The summed E-state index contributed by atoms with van der Waals surface area (Å²) in [6.45, 7) is 1.79. The van der Waals surface area contributed by atoms with Gasteiger partial charge in [-0.3, -0.25) is 9.52 Å². The molecule has 1 heterocycles. The molecule has 0 aliphatic heterocycles. The molecule has 1 amide bonds. The van der Waals surface area contributed by atoms with Gasteiger partial charge in [-0.15, -0.1) is 0 Å². The first-order valence-electron chi connectivity index (χ1n) is 8.55. The first kappa shape index (κ1) is 20.2. The van der Waals surface area contributed by atoms with Gasteiger partial charge in [-0.1, -0.05) is 18.2 Å². The molecule has 3 rings (SSSR count). The summed E-state index contributed by atoms with van der Waals surface area (Å²) in [5.41, 5.74) is 2.77. The van der Waals surface area contributed by atoms with Gasteiger partial charge in [0.15, 0.2) is 0 Å². The van der Waals surface area contributed by atoms with Gasteiger partial charge in [0.05, 0.1) is 23.9 Å². The summed E-state index contributed by atoms with van der Waals surface area (Å²) in [4.78, 5) is 12.2. The summed E-state index contributed by atoms with van der Waals surface area (Å²) >= 11 is 0. The van der Waals surface area contributed by atoms with Crippen molar-refractivity contribution in [2.45, 2.75) is 11.8 Å². The van der Waals surface area contributed by atoms with Crippen molar-refractivity contribution in [1.82, 2.24) is 5.43 Å². The van der Waals surface area contributed by atoms with Crippen LogP contribution in [0, 0.1) is 6.92 Å². The second-order valence-corrected chi connectivity index (χ2v) is 7.66. The molecular weight excluding hydrogens is 394 g/mol. The Kier molecular flexibility index (Phi) is 5.99. The molecule has 8 nitrogen and oxygen atoms in total. The number of benzene rings is 2. The Bertz CT molecular complexity index is 1150. The zero-order valence-corrected chi connectivity index (χ0v) is 16.6. The first-order chi connectivity index (χ1) is 13.9. The van der Waals surface area contributed by atoms with E-state index >= 15 is 0 Å². The highest BCUT2D eigenvalue weighted by molar-refractivity contribution is 7.92. The van der Waals surface area contributed by atoms with Crippen LogP contribution in [0.3, 0.4) is 0 Å². The molecule has 1 aromatic heterocycles. The second-order valence-electron chi connectivity index (χ2n) is 5.98. The Labute approximate surface area is 168 Å². The summed E-state index contributed by atoms with van der Waals surface area (Å²) in [6.07, 6.45) is 1.36. The van der Waals surface area contributed by atoms with E-state index in [1.807, 2.05) is 0 Å². The van der Waals surface area contributed by atoms with Crippen LogP contribution >= 0.6 is 0 Å². The summed E-state index contributed by atoms with van der Waals surface area (Å²) < 4.78 is 38.3. The van der Waals surface area contributed by atoms with Crippen molar-refractivity contribution in [2.75, 3.05) is 11.8 Å². The fraction of sp³-hybridized carbons (Fsp3) is 0.100. The van der Waals surface area contributed by atoms with Crippen molar-refractivity contribution in [3.8, 4) is 5.75 Å². The molecular formula is C20H19N3O5S. The fourth-order valence-electron chi connectivity index (χ4n) is 2.48. The molecule has 0 spiro atoms. The number of hydrogen-bond acceptors (Lipinski definition) is 6. The van der Waals surface area contributed by atoms with E-state index in [0.717, 1.165) is 5.76 Å². The largest absolute Gasteiger partial charge is 0.495 e. The predicted octanol–water partition coefficient (Wildman–Crippen LogP) is 3.16. The molecule has 0 aliphatic carbocycles. The number of hydrazone groups is 1. The summed E-state index contributed by atoms with van der Waals surface area (Å²) in [6, 6.07) is 15.7.